The molecule has 0 bridgehead atoms. The average molecular weight is 348 g/mol. The average Bonchev–Trinajstić information content (AvgIpc) is 2.63. The number of unbranched alkanes of at least 4 members (excludes halogenated alkanes) is 1. The van der Waals surface area contributed by atoms with Gasteiger partial charge in [0, 0.05) is 18.7 Å². The van der Waals surface area contributed by atoms with Crippen LogP contribution in [0.2, 0.25) is 0 Å². The van der Waals surface area contributed by atoms with Gasteiger partial charge in [0.2, 0.25) is 0 Å². The second-order valence-corrected chi connectivity index (χ2v) is 5.87. The molecule has 3 rings (SSSR count). The number of ether oxygens (including phenoxy) is 2. The highest BCUT2D eigenvalue weighted by Gasteiger charge is 2.09. The van der Waals surface area contributed by atoms with E-state index in [4.69, 9.17) is 9.47 Å². The molecule has 24 heavy (non-hydrogen) atoms. The maximum absolute atomic E-state index is 6.04. The van der Waals surface area contributed by atoms with Crippen LogP contribution in [0.15, 0.2) is 54.6 Å². The summed E-state index contributed by atoms with van der Waals surface area (Å²) in [6, 6.07) is 18.7. The van der Waals surface area contributed by atoms with E-state index in [0.29, 0.717) is 0 Å². The van der Waals surface area contributed by atoms with Gasteiger partial charge < -0.3 is 9.47 Å². The van der Waals surface area contributed by atoms with Crippen LogP contribution in [0.1, 0.15) is 12.8 Å². The number of para-hydroxylation sites is 1. The molecule has 2 aromatic rings. The zero-order valence-corrected chi connectivity index (χ0v) is 14.8. The molecule has 1 aliphatic heterocycles. The standard InChI is InChI=1S/C20H25NO2.ClH/c1-2-8-18(9-3-1)19-10-4-5-11-20(19)23-15-7-6-12-21-13-16-22-17-14-21;/h1-5,8-11H,6-7,12-17H2;1H. The molecule has 3 nitrogen and oxygen atoms in total. The summed E-state index contributed by atoms with van der Waals surface area (Å²) in [5.41, 5.74) is 2.37. The Labute approximate surface area is 151 Å². The first-order valence-corrected chi connectivity index (χ1v) is 8.51. The monoisotopic (exact) mass is 347 g/mol. The maximum atomic E-state index is 6.04. The molecule has 4 heteroatoms. The highest BCUT2D eigenvalue weighted by Crippen LogP contribution is 2.29. The lowest BCUT2D eigenvalue weighted by Crippen LogP contribution is -2.36. The summed E-state index contributed by atoms with van der Waals surface area (Å²) in [7, 11) is 0. The summed E-state index contributed by atoms with van der Waals surface area (Å²) in [5, 5.41) is 0. The number of morpholine rings is 1. The van der Waals surface area contributed by atoms with E-state index < -0.39 is 0 Å². The SMILES string of the molecule is Cl.c1ccc(-c2ccccc2OCCCCN2CCOCC2)cc1. The normalized spacial score (nSPS) is 14.8. The molecular formula is C20H26ClNO2. The second kappa shape index (κ2) is 10.3. The van der Waals surface area contributed by atoms with Gasteiger partial charge in [-0.3, -0.25) is 4.90 Å². The first kappa shape index (κ1) is 18.8. The number of hydrogen-bond acceptors (Lipinski definition) is 3. The zero-order valence-electron chi connectivity index (χ0n) is 14.0. The molecule has 0 aromatic heterocycles. The smallest absolute Gasteiger partial charge is 0.127 e. The lowest BCUT2D eigenvalue weighted by Gasteiger charge is -2.26. The van der Waals surface area contributed by atoms with Crippen molar-refractivity contribution < 1.29 is 9.47 Å². The van der Waals surface area contributed by atoms with E-state index in [2.05, 4.69) is 47.4 Å². The lowest BCUT2D eigenvalue weighted by molar-refractivity contribution is 0.0368. The van der Waals surface area contributed by atoms with Crippen LogP contribution in [0.3, 0.4) is 0 Å². The summed E-state index contributed by atoms with van der Waals surface area (Å²) >= 11 is 0. The number of hydrogen-bond donors (Lipinski definition) is 0. The van der Waals surface area contributed by atoms with Crippen molar-refractivity contribution >= 4 is 12.4 Å². The number of nitrogens with zero attached hydrogens (tertiary/aromatic N) is 1. The van der Waals surface area contributed by atoms with Crippen molar-refractivity contribution in [2.75, 3.05) is 39.5 Å². The topological polar surface area (TPSA) is 21.7 Å². The first-order chi connectivity index (χ1) is 11.4. The van der Waals surface area contributed by atoms with Crippen LogP contribution in [-0.2, 0) is 4.74 Å². The van der Waals surface area contributed by atoms with E-state index >= 15 is 0 Å². The fourth-order valence-corrected chi connectivity index (χ4v) is 2.89. The Morgan fingerprint density at radius 3 is 2.38 bits per heavy atom. The Morgan fingerprint density at radius 2 is 1.58 bits per heavy atom. The maximum Gasteiger partial charge on any atom is 0.127 e. The molecule has 0 amide bonds. The first-order valence-electron chi connectivity index (χ1n) is 8.51. The van der Waals surface area contributed by atoms with Gasteiger partial charge in [-0.25, -0.2) is 0 Å². The lowest BCUT2D eigenvalue weighted by atomic mass is 10.1. The minimum absolute atomic E-state index is 0. The van der Waals surface area contributed by atoms with E-state index in [1.165, 1.54) is 17.5 Å². The molecule has 0 radical (unpaired) electrons. The van der Waals surface area contributed by atoms with Gasteiger partial charge in [-0.15, -0.1) is 12.4 Å². The molecule has 2 aromatic carbocycles. The van der Waals surface area contributed by atoms with Crippen LogP contribution in [0, 0.1) is 0 Å². The minimum atomic E-state index is 0. The van der Waals surface area contributed by atoms with Crippen molar-refractivity contribution in [1.82, 2.24) is 4.90 Å². The van der Waals surface area contributed by atoms with Crippen LogP contribution >= 0.6 is 12.4 Å². The highest BCUT2D eigenvalue weighted by atomic mass is 35.5. The molecule has 0 saturated carbocycles. The van der Waals surface area contributed by atoms with Crippen molar-refractivity contribution in [3.63, 3.8) is 0 Å². The van der Waals surface area contributed by atoms with Crippen LogP contribution in [0.25, 0.3) is 11.1 Å². The van der Waals surface area contributed by atoms with Gasteiger partial charge in [-0.05, 0) is 31.0 Å². The van der Waals surface area contributed by atoms with Crippen LogP contribution < -0.4 is 4.74 Å². The van der Waals surface area contributed by atoms with Crippen molar-refractivity contribution in [3.8, 4) is 16.9 Å². The molecule has 0 aliphatic carbocycles. The number of rotatable bonds is 7. The molecule has 130 valence electrons. The predicted molar refractivity (Wildman–Crippen MR) is 101 cm³/mol. The fourth-order valence-electron chi connectivity index (χ4n) is 2.89. The second-order valence-electron chi connectivity index (χ2n) is 5.87. The van der Waals surface area contributed by atoms with E-state index in [1.54, 1.807) is 0 Å². The molecule has 0 atom stereocenters. The Morgan fingerprint density at radius 1 is 0.875 bits per heavy atom. The Bertz CT molecular complexity index is 585. The van der Waals surface area contributed by atoms with Crippen LogP contribution in [0.5, 0.6) is 5.75 Å². The van der Waals surface area contributed by atoms with E-state index in [1.807, 2.05) is 12.1 Å². The molecular weight excluding hydrogens is 322 g/mol. The van der Waals surface area contributed by atoms with Crippen molar-refractivity contribution in [2.45, 2.75) is 12.8 Å². The van der Waals surface area contributed by atoms with Gasteiger partial charge in [0.15, 0.2) is 0 Å². The van der Waals surface area contributed by atoms with Gasteiger partial charge in [0.1, 0.15) is 5.75 Å². The van der Waals surface area contributed by atoms with Crippen molar-refractivity contribution in [2.24, 2.45) is 0 Å². The largest absolute Gasteiger partial charge is 0.493 e. The van der Waals surface area contributed by atoms with Gasteiger partial charge in [-0.2, -0.15) is 0 Å². The molecule has 0 spiro atoms. The van der Waals surface area contributed by atoms with Gasteiger partial charge >= 0.3 is 0 Å². The van der Waals surface area contributed by atoms with E-state index in [9.17, 15) is 0 Å². The van der Waals surface area contributed by atoms with Crippen molar-refractivity contribution in [1.29, 1.82) is 0 Å². The summed E-state index contributed by atoms with van der Waals surface area (Å²) < 4.78 is 11.4. The van der Waals surface area contributed by atoms with Gasteiger partial charge in [-0.1, -0.05) is 48.5 Å². The molecule has 1 heterocycles. The predicted octanol–water partition coefficient (Wildman–Crippen LogP) is 4.27. The zero-order chi connectivity index (χ0) is 15.7. The van der Waals surface area contributed by atoms with E-state index in [0.717, 1.165) is 51.6 Å². The molecule has 1 aliphatic rings. The van der Waals surface area contributed by atoms with Gasteiger partial charge in [0.05, 0.1) is 19.8 Å². The molecule has 1 fully saturated rings. The summed E-state index contributed by atoms with van der Waals surface area (Å²) in [6.45, 7) is 5.80. The summed E-state index contributed by atoms with van der Waals surface area (Å²) in [5.74, 6) is 0.977. The Balaban J connectivity index is 0.00000208. The number of halogens is 1. The summed E-state index contributed by atoms with van der Waals surface area (Å²) in [4.78, 5) is 2.47. The Hall–Kier alpha value is -1.55. The number of benzene rings is 2. The molecule has 0 N–H and O–H groups in total. The highest BCUT2D eigenvalue weighted by molar-refractivity contribution is 5.85. The minimum Gasteiger partial charge on any atom is -0.493 e. The third kappa shape index (κ3) is 5.52. The van der Waals surface area contributed by atoms with Crippen LogP contribution in [0.4, 0.5) is 0 Å². The van der Waals surface area contributed by atoms with Crippen LogP contribution in [-0.4, -0.2) is 44.4 Å². The van der Waals surface area contributed by atoms with Crippen molar-refractivity contribution in [3.05, 3.63) is 54.6 Å². The third-order valence-corrected chi connectivity index (χ3v) is 4.20. The van der Waals surface area contributed by atoms with E-state index in [-0.39, 0.29) is 12.4 Å². The fraction of sp³-hybridized carbons (Fsp3) is 0.400. The summed E-state index contributed by atoms with van der Waals surface area (Å²) in [6.07, 6.45) is 2.26. The third-order valence-electron chi connectivity index (χ3n) is 4.20. The quantitative estimate of drug-likeness (QED) is 0.698. The Kier molecular flexibility index (Phi) is 8.10. The molecule has 0 unspecified atom stereocenters. The van der Waals surface area contributed by atoms with Gasteiger partial charge in [0.25, 0.3) is 0 Å². The molecule has 1 saturated heterocycles.